The van der Waals surface area contributed by atoms with Crippen molar-refractivity contribution in [2.45, 2.75) is 10.9 Å². The number of imidazole rings is 1. The summed E-state index contributed by atoms with van der Waals surface area (Å²) in [6.07, 6.45) is 0. The van der Waals surface area contributed by atoms with Gasteiger partial charge in [0.1, 0.15) is 5.82 Å². The molecule has 0 radical (unpaired) electrons. The molecule has 118 valence electrons. The molecule has 1 aromatic heterocycles. The predicted molar refractivity (Wildman–Crippen MR) is 89.7 cm³/mol. The number of aromatic nitrogens is 2. The van der Waals surface area contributed by atoms with Crippen molar-refractivity contribution in [3.8, 4) is 0 Å². The quantitative estimate of drug-likeness (QED) is 0.628. The fraction of sp³-hybridized carbons (Fsp3) is 0.125. The topological polar surface area (TPSA) is 83.8 Å². The van der Waals surface area contributed by atoms with Gasteiger partial charge in [0.25, 0.3) is 0 Å². The summed E-state index contributed by atoms with van der Waals surface area (Å²) in [7, 11) is 0. The number of aromatic amines is 1. The molecule has 1 amide bonds. The molecule has 7 heteroatoms. The van der Waals surface area contributed by atoms with Gasteiger partial charge in [0.15, 0.2) is 5.16 Å². The summed E-state index contributed by atoms with van der Waals surface area (Å²) >= 11 is 1.48. The smallest absolute Gasteiger partial charge is 0.238 e. The molecule has 3 rings (SSSR count). The largest absolute Gasteiger partial charge is 0.333 e. The summed E-state index contributed by atoms with van der Waals surface area (Å²) in [5.41, 5.74) is 8.41. The first-order chi connectivity index (χ1) is 11.2. The maximum absolute atomic E-state index is 13.2. The van der Waals surface area contributed by atoms with Crippen molar-refractivity contribution in [1.29, 1.82) is 0 Å². The number of H-pyrrole nitrogens is 1. The number of benzene rings is 2. The van der Waals surface area contributed by atoms with Crippen LogP contribution in [-0.4, -0.2) is 22.4 Å². The molecule has 0 atom stereocenters. The van der Waals surface area contributed by atoms with Gasteiger partial charge in [0, 0.05) is 11.4 Å². The molecule has 4 N–H and O–H groups in total. The summed E-state index contributed by atoms with van der Waals surface area (Å²) in [5, 5.41) is 3.47. The lowest BCUT2D eigenvalue weighted by molar-refractivity contribution is -0.114. The standard InChI is InChI=1S/C16H15FN4OS/c17-11-5-6-13-14(7-11)21-16(20-13)23-9-10-3-1-2-4-12(10)19-15(22)8-18/h1-7H,8-9,18H2,(H,19,22)(H,20,21). The van der Waals surface area contributed by atoms with Crippen molar-refractivity contribution >= 4 is 34.4 Å². The zero-order valence-corrected chi connectivity index (χ0v) is 13.0. The molecule has 0 aliphatic rings. The van der Waals surface area contributed by atoms with Crippen LogP contribution in [0.15, 0.2) is 47.6 Å². The number of thioether (sulfide) groups is 1. The van der Waals surface area contributed by atoms with E-state index in [1.165, 1.54) is 23.9 Å². The molecule has 0 saturated carbocycles. The number of para-hydroxylation sites is 1. The number of amides is 1. The Balaban J connectivity index is 1.75. The Hall–Kier alpha value is -2.38. The van der Waals surface area contributed by atoms with E-state index < -0.39 is 0 Å². The number of nitrogens with two attached hydrogens (primary N) is 1. The minimum absolute atomic E-state index is 0.0589. The zero-order valence-electron chi connectivity index (χ0n) is 12.2. The first-order valence-corrected chi connectivity index (χ1v) is 8.00. The van der Waals surface area contributed by atoms with Crippen LogP contribution in [0.1, 0.15) is 5.56 Å². The molecule has 1 heterocycles. The maximum atomic E-state index is 13.2. The number of nitrogens with one attached hydrogen (secondary N) is 2. The molecule has 0 aliphatic heterocycles. The molecule has 0 spiro atoms. The van der Waals surface area contributed by atoms with Gasteiger partial charge in [0.05, 0.1) is 17.6 Å². The van der Waals surface area contributed by atoms with Crippen LogP contribution in [0.2, 0.25) is 0 Å². The van der Waals surface area contributed by atoms with Gasteiger partial charge in [-0.3, -0.25) is 4.79 Å². The third kappa shape index (κ3) is 3.69. The maximum Gasteiger partial charge on any atom is 0.238 e. The Bertz CT molecular complexity index is 849. The molecule has 0 unspecified atom stereocenters. The van der Waals surface area contributed by atoms with Crippen LogP contribution in [0.3, 0.4) is 0 Å². The summed E-state index contributed by atoms with van der Waals surface area (Å²) in [4.78, 5) is 19.0. The lowest BCUT2D eigenvalue weighted by Gasteiger charge is -2.09. The highest BCUT2D eigenvalue weighted by Gasteiger charge is 2.08. The Labute approximate surface area is 136 Å². The third-order valence-corrected chi connectivity index (χ3v) is 4.19. The molecule has 0 bridgehead atoms. The second kappa shape index (κ2) is 6.80. The van der Waals surface area contributed by atoms with Crippen molar-refractivity contribution in [3.63, 3.8) is 0 Å². The first kappa shape index (κ1) is 15.5. The van der Waals surface area contributed by atoms with Crippen molar-refractivity contribution < 1.29 is 9.18 Å². The summed E-state index contributed by atoms with van der Waals surface area (Å²) < 4.78 is 13.2. The van der Waals surface area contributed by atoms with E-state index in [1.807, 2.05) is 24.3 Å². The Morgan fingerprint density at radius 3 is 2.96 bits per heavy atom. The highest BCUT2D eigenvalue weighted by molar-refractivity contribution is 7.98. The Morgan fingerprint density at radius 1 is 1.30 bits per heavy atom. The fourth-order valence-corrected chi connectivity index (χ4v) is 3.03. The molecular weight excluding hydrogens is 315 g/mol. The summed E-state index contributed by atoms with van der Waals surface area (Å²) in [6.45, 7) is -0.0589. The van der Waals surface area contributed by atoms with Crippen molar-refractivity contribution in [1.82, 2.24) is 9.97 Å². The van der Waals surface area contributed by atoms with Crippen LogP contribution >= 0.6 is 11.8 Å². The van der Waals surface area contributed by atoms with Crippen molar-refractivity contribution in [3.05, 3.63) is 53.8 Å². The number of fused-ring (bicyclic) bond motifs is 1. The highest BCUT2D eigenvalue weighted by Crippen LogP contribution is 2.26. The fourth-order valence-electron chi connectivity index (χ4n) is 2.14. The molecule has 23 heavy (non-hydrogen) atoms. The monoisotopic (exact) mass is 330 g/mol. The Morgan fingerprint density at radius 2 is 2.13 bits per heavy atom. The van der Waals surface area contributed by atoms with Crippen LogP contribution in [0, 0.1) is 5.82 Å². The van der Waals surface area contributed by atoms with Gasteiger partial charge in [-0.05, 0) is 29.8 Å². The molecule has 3 aromatic rings. The normalized spacial score (nSPS) is 10.9. The van der Waals surface area contributed by atoms with Crippen LogP contribution in [-0.2, 0) is 10.5 Å². The number of carbonyl (C=O) groups is 1. The molecule has 0 saturated heterocycles. The Kier molecular flexibility index (Phi) is 4.59. The van der Waals surface area contributed by atoms with E-state index in [1.54, 1.807) is 6.07 Å². The lowest BCUT2D eigenvalue weighted by atomic mass is 10.2. The van der Waals surface area contributed by atoms with E-state index in [4.69, 9.17) is 5.73 Å². The van der Waals surface area contributed by atoms with Crippen LogP contribution in [0.4, 0.5) is 10.1 Å². The van der Waals surface area contributed by atoms with Crippen molar-refractivity contribution in [2.24, 2.45) is 5.73 Å². The molecule has 0 fully saturated rings. The first-order valence-electron chi connectivity index (χ1n) is 7.01. The lowest BCUT2D eigenvalue weighted by Crippen LogP contribution is -2.22. The van der Waals surface area contributed by atoms with Gasteiger partial charge in [0.2, 0.25) is 5.91 Å². The minimum atomic E-state index is -0.299. The molecule has 2 aromatic carbocycles. The number of nitrogens with zero attached hydrogens (tertiary/aromatic N) is 1. The van der Waals surface area contributed by atoms with Crippen LogP contribution in [0.25, 0.3) is 11.0 Å². The van der Waals surface area contributed by atoms with Crippen LogP contribution < -0.4 is 11.1 Å². The van der Waals surface area contributed by atoms with Gasteiger partial charge in [-0.25, -0.2) is 9.37 Å². The number of anilines is 1. The molecule has 0 aliphatic carbocycles. The molecular formula is C16H15FN4OS. The average molecular weight is 330 g/mol. The second-order valence-electron chi connectivity index (χ2n) is 4.90. The summed E-state index contributed by atoms with van der Waals surface area (Å²) in [6, 6.07) is 12.0. The number of hydrogen-bond acceptors (Lipinski definition) is 4. The van der Waals surface area contributed by atoms with Crippen LogP contribution in [0.5, 0.6) is 0 Å². The average Bonchev–Trinajstić information content (AvgIpc) is 2.95. The number of hydrogen-bond donors (Lipinski definition) is 3. The second-order valence-corrected chi connectivity index (χ2v) is 5.87. The van der Waals surface area contributed by atoms with Crippen molar-refractivity contribution in [2.75, 3.05) is 11.9 Å². The minimum Gasteiger partial charge on any atom is -0.333 e. The van der Waals surface area contributed by atoms with Gasteiger partial charge in [-0.1, -0.05) is 30.0 Å². The van der Waals surface area contributed by atoms with E-state index in [9.17, 15) is 9.18 Å². The number of carbonyl (C=O) groups excluding carboxylic acids is 1. The third-order valence-electron chi connectivity index (χ3n) is 3.26. The van der Waals surface area contributed by atoms with Gasteiger partial charge < -0.3 is 16.0 Å². The summed E-state index contributed by atoms with van der Waals surface area (Å²) in [5.74, 6) is 0.0813. The van der Waals surface area contributed by atoms with Gasteiger partial charge in [-0.2, -0.15) is 0 Å². The van der Waals surface area contributed by atoms with E-state index in [0.717, 1.165) is 16.8 Å². The SMILES string of the molecule is NCC(=O)Nc1ccccc1CSc1nc2ccc(F)cc2[nH]1. The zero-order chi connectivity index (χ0) is 16.2. The van der Waals surface area contributed by atoms with Gasteiger partial charge >= 0.3 is 0 Å². The van der Waals surface area contributed by atoms with E-state index in [0.29, 0.717) is 16.4 Å². The van der Waals surface area contributed by atoms with E-state index >= 15 is 0 Å². The molecule has 5 nitrogen and oxygen atoms in total. The predicted octanol–water partition coefficient (Wildman–Crippen LogP) is 2.89. The number of rotatable bonds is 5. The highest BCUT2D eigenvalue weighted by atomic mass is 32.2. The van der Waals surface area contributed by atoms with E-state index in [2.05, 4.69) is 15.3 Å². The van der Waals surface area contributed by atoms with Gasteiger partial charge in [-0.15, -0.1) is 0 Å². The number of halogens is 1. The van der Waals surface area contributed by atoms with E-state index in [-0.39, 0.29) is 18.3 Å².